The second kappa shape index (κ2) is 7.05. The van der Waals surface area contributed by atoms with Crippen molar-refractivity contribution < 1.29 is 9.53 Å². The van der Waals surface area contributed by atoms with Crippen molar-refractivity contribution in [3.63, 3.8) is 0 Å². The summed E-state index contributed by atoms with van der Waals surface area (Å²) in [5.74, 6) is 0.527. The first-order chi connectivity index (χ1) is 12.7. The van der Waals surface area contributed by atoms with Crippen molar-refractivity contribution in [3.8, 4) is 5.82 Å². The lowest BCUT2D eigenvalue weighted by molar-refractivity contribution is -0.0691. The first-order valence-electron chi connectivity index (χ1n) is 8.51. The molecule has 0 bridgehead atoms. The van der Waals surface area contributed by atoms with Crippen molar-refractivity contribution in [2.24, 2.45) is 0 Å². The number of amides is 1. The molecule has 7 heteroatoms. The van der Waals surface area contributed by atoms with Gasteiger partial charge in [-0.25, -0.2) is 14.6 Å². The molecular weight excluding hydrogens is 330 g/mol. The van der Waals surface area contributed by atoms with Gasteiger partial charge < -0.3 is 9.64 Å². The Kier molecular flexibility index (Phi) is 4.45. The highest BCUT2D eigenvalue weighted by Gasteiger charge is 2.30. The Balaban J connectivity index is 1.57. The highest BCUT2D eigenvalue weighted by molar-refractivity contribution is 5.94. The van der Waals surface area contributed by atoms with Crippen LogP contribution < -0.4 is 0 Å². The quantitative estimate of drug-likeness (QED) is 0.725. The van der Waals surface area contributed by atoms with Crippen molar-refractivity contribution in [1.29, 1.82) is 0 Å². The molecule has 0 spiro atoms. The fourth-order valence-corrected chi connectivity index (χ4v) is 3.15. The Morgan fingerprint density at radius 1 is 1.19 bits per heavy atom. The van der Waals surface area contributed by atoms with Gasteiger partial charge in [-0.2, -0.15) is 5.10 Å². The maximum absolute atomic E-state index is 13.0. The van der Waals surface area contributed by atoms with Crippen LogP contribution >= 0.6 is 0 Å². The van der Waals surface area contributed by atoms with Gasteiger partial charge >= 0.3 is 0 Å². The molecule has 4 rings (SSSR count). The van der Waals surface area contributed by atoms with Gasteiger partial charge in [-0.1, -0.05) is 30.3 Å². The molecule has 0 saturated carbocycles. The summed E-state index contributed by atoms with van der Waals surface area (Å²) < 4.78 is 7.58. The molecule has 1 amide bonds. The van der Waals surface area contributed by atoms with E-state index in [-0.39, 0.29) is 18.1 Å². The van der Waals surface area contributed by atoms with E-state index in [1.54, 1.807) is 24.7 Å². The second-order valence-electron chi connectivity index (χ2n) is 6.30. The second-order valence-corrected chi connectivity index (χ2v) is 6.30. The molecule has 1 aliphatic heterocycles. The number of hydrogen-bond donors (Lipinski definition) is 0. The van der Waals surface area contributed by atoms with Gasteiger partial charge in [0, 0.05) is 18.3 Å². The smallest absolute Gasteiger partial charge is 0.254 e. The van der Waals surface area contributed by atoms with Crippen molar-refractivity contribution >= 4 is 5.91 Å². The third-order valence-corrected chi connectivity index (χ3v) is 4.36. The molecule has 132 valence electrons. The van der Waals surface area contributed by atoms with E-state index in [1.807, 2.05) is 42.2 Å². The molecule has 1 saturated heterocycles. The van der Waals surface area contributed by atoms with E-state index < -0.39 is 0 Å². The SMILES string of the molecule is C[C@@H]1CN(C(=O)c2ccnc(-n3cncn3)c2)C[C@@H](c2ccccc2)O1. The van der Waals surface area contributed by atoms with Crippen LogP contribution in [0.3, 0.4) is 0 Å². The summed E-state index contributed by atoms with van der Waals surface area (Å²) in [6.07, 6.45) is 4.45. The molecule has 26 heavy (non-hydrogen) atoms. The van der Waals surface area contributed by atoms with E-state index in [0.29, 0.717) is 24.5 Å². The molecule has 1 aliphatic rings. The first kappa shape index (κ1) is 16.4. The predicted molar refractivity (Wildman–Crippen MR) is 94.8 cm³/mol. The third kappa shape index (κ3) is 3.34. The molecule has 1 fully saturated rings. The topological polar surface area (TPSA) is 73.1 Å². The molecular formula is C19H19N5O2. The maximum Gasteiger partial charge on any atom is 0.254 e. The van der Waals surface area contributed by atoms with E-state index in [9.17, 15) is 4.79 Å². The van der Waals surface area contributed by atoms with Crippen molar-refractivity contribution in [2.45, 2.75) is 19.1 Å². The van der Waals surface area contributed by atoms with Crippen molar-refractivity contribution in [3.05, 3.63) is 72.4 Å². The highest BCUT2D eigenvalue weighted by atomic mass is 16.5. The Labute approximate surface area is 151 Å². The zero-order chi connectivity index (χ0) is 17.9. The molecule has 0 radical (unpaired) electrons. The summed E-state index contributed by atoms with van der Waals surface area (Å²) in [5.41, 5.74) is 1.65. The highest BCUT2D eigenvalue weighted by Crippen LogP contribution is 2.26. The van der Waals surface area contributed by atoms with E-state index >= 15 is 0 Å². The van der Waals surface area contributed by atoms with Crippen LogP contribution in [0, 0.1) is 0 Å². The average Bonchev–Trinajstić information content (AvgIpc) is 3.23. The minimum atomic E-state index is -0.125. The van der Waals surface area contributed by atoms with Crippen LogP contribution in [0.25, 0.3) is 5.82 Å². The van der Waals surface area contributed by atoms with Crippen LogP contribution in [0.15, 0.2) is 61.3 Å². The van der Waals surface area contributed by atoms with Crippen LogP contribution in [-0.2, 0) is 4.74 Å². The van der Waals surface area contributed by atoms with Crippen molar-refractivity contribution in [2.75, 3.05) is 13.1 Å². The summed E-state index contributed by atoms with van der Waals surface area (Å²) in [6.45, 7) is 3.07. The Hall–Kier alpha value is -3.06. The number of ether oxygens (including phenoxy) is 1. The fourth-order valence-electron chi connectivity index (χ4n) is 3.15. The lowest BCUT2D eigenvalue weighted by Gasteiger charge is -2.37. The monoisotopic (exact) mass is 349 g/mol. The van der Waals surface area contributed by atoms with Gasteiger partial charge in [0.15, 0.2) is 5.82 Å². The third-order valence-electron chi connectivity index (χ3n) is 4.36. The summed E-state index contributed by atoms with van der Waals surface area (Å²) in [7, 11) is 0. The lowest BCUT2D eigenvalue weighted by atomic mass is 10.1. The summed E-state index contributed by atoms with van der Waals surface area (Å²) in [4.78, 5) is 23.0. The van der Waals surface area contributed by atoms with Gasteiger partial charge in [0.2, 0.25) is 0 Å². The summed E-state index contributed by atoms with van der Waals surface area (Å²) >= 11 is 0. The molecule has 1 aromatic carbocycles. The standard InChI is InChI=1S/C19H19N5O2/c1-14-10-23(11-17(26-14)15-5-3-2-4-6-15)19(25)16-7-8-21-18(9-16)24-13-20-12-22-24/h2-9,12-14,17H,10-11H2,1H3/t14-,17+/m1/s1. The minimum absolute atomic E-state index is 0.0328. The number of carbonyl (C=O) groups is 1. The van der Waals surface area contributed by atoms with Crippen LogP contribution in [0.1, 0.15) is 28.9 Å². The number of carbonyl (C=O) groups excluding carboxylic acids is 1. The summed E-state index contributed by atoms with van der Waals surface area (Å²) in [6, 6.07) is 13.5. The van der Waals surface area contributed by atoms with Crippen LogP contribution in [0.5, 0.6) is 0 Å². The van der Waals surface area contributed by atoms with Gasteiger partial charge in [0.25, 0.3) is 5.91 Å². The molecule has 7 nitrogen and oxygen atoms in total. The Morgan fingerprint density at radius 3 is 2.81 bits per heavy atom. The zero-order valence-corrected chi connectivity index (χ0v) is 14.4. The van der Waals surface area contributed by atoms with E-state index in [0.717, 1.165) is 5.56 Å². The Bertz CT molecular complexity index is 882. The number of benzene rings is 1. The van der Waals surface area contributed by atoms with Gasteiger partial charge in [0.1, 0.15) is 18.8 Å². The molecule has 0 unspecified atom stereocenters. The molecule has 2 atom stereocenters. The van der Waals surface area contributed by atoms with E-state index in [4.69, 9.17) is 4.74 Å². The van der Waals surface area contributed by atoms with Gasteiger partial charge in [-0.05, 0) is 24.6 Å². The van der Waals surface area contributed by atoms with Crippen molar-refractivity contribution in [1.82, 2.24) is 24.6 Å². The number of nitrogens with zero attached hydrogens (tertiary/aromatic N) is 5. The van der Waals surface area contributed by atoms with E-state index in [1.165, 1.54) is 11.0 Å². The molecule has 2 aromatic heterocycles. The zero-order valence-electron chi connectivity index (χ0n) is 14.4. The number of hydrogen-bond acceptors (Lipinski definition) is 5. The maximum atomic E-state index is 13.0. The van der Waals surface area contributed by atoms with Gasteiger partial charge in [0.05, 0.1) is 12.6 Å². The fraction of sp³-hybridized carbons (Fsp3) is 0.263. The predicted octanol–water partition coefficient (Wildman–Crippen LogP) is 2.26. The molecule has 3 aromatic rings. The van der Waals surface area contributed by atoms with Gasteiger partial charge in [-0.15, -0.1) is 0 Å². The number of rotatable bonds is 3. The molecule has 0 aliphatic carbocycles. The average molecular weight is 349 g/mol. The Morgan fingerprint density at radius 2 is 2.04 bits per heavy atom. The number of morpholine rings is 1. The number of pyridine rings is 1. The molecule has 0 N–H and O–H groups in total. The minimum Gasteiger partial charge on any atom is -0.367 e. The van der Waals surface area contributed by atoms with Gasteiger partial charge in [-0.3, -0.25) is 4.79 Å². The van der Waals surface area contributed by atoms with Crippen LogP contribution in [0.4, 0.5) is 0 Å². The molecule has 3 heterocycles. The number of aromatic nitrogens is 4. The van der Waals surface area contributed by atoms with Crippen LogP contribution in [-0.4, -0.2) is 49.7 Å². The first-order valence-corrected chi connectivity index (χ1v) is 8.51. The lowest BCUT2D eigenvalue weighted by Crippen LogP contribution is -2.46. The van der Waals surface area contributed by atoms with E-state index in [2.05, 4.69) is 15.1 Å². The normalized spacial score (nSPS) is 20.1. The largest absolute Gasteiger partial charge is 0.367 e. The summed E-state index contributed by atoms with van der Waals surface area (Å²) in [5, 5.41) is 4.06. The van der Waals surface area contributed by atoms with Crippen LogP contribution in [0.2, 0.25) is 0 Å².